The van der Waals surface area contributed by atoms with E-state index in [4.69, 9.17) is 4.74 Å². The maximum Gasteiger partial charge on any atom is 0.355 e. The Morgan fingerprint density at radius 2 is 2.14 bits per heavy atom. The van der Waals surface area contributed by atoms with E-state index in [1.807, 2.05) is 0 Å². The SMILES string of the molecule is COc1cccc(-c2nc3c(F)cccn3c2C(=O)O)c1. The third kappa shape index (κ3) is 2.10. The van der Waals surface area contributed by atoms with Crippen molar-refractivity contribution in [3.8, 4) is 17.0 Å². The van der Waals surface area contributed by atoms with Crippen LogP contribution in [0.4, 0.5) is 4.39 Å². The van der Waals surface area contributed by atoms with Crippen molar-refractivity contribution in [2.75, 3.05) is 7.11 Å². The summed E-state index contributed by atoms with van der Waals surface area (Å²) in [6.07, 6.45) is 1.47. The zero-order chi connectivity index (χ0) is 15.0. The van der Waals surface area contributed by atoms with Gasteiger partial charge in [-0.05, 0) is 24.3 Å². The van der Waals surface area contributed by atoms with Gasteiger partial charge in [0, 0.05) is 11.8 Å². The third-order valence-electron chi connectivity index (χ3n) is 3.15. The lowest BCUT2D eigenvalue weighted by atomic mass is 10.1. The minimum absolute atomic E-state index is 0.0206. The summed E-state index contributed by atoms with van der Waals surface area (Å²) in [5.41, 5.74) is 0.645. The molecule has 2 heterocycles. The number of halogens is 1. The second kappa shape index (κ2) is 4.90. The number of fused-ring (bicyclic) bond motifs is 1. The monoisotopic (exact) mass is 286 g/mol. The molecular weight excluding hydrogens is 275 g/mol. The minimum Gasteiger partial charge on any atom is -0.497 e. The molecule has 0 saturated heterocycles. The summed E-state index contributed by atoms with van der Waals surface area (Å²) in [7, 11) is 1.51. The maximum absolute atomic E-state index is 13.8. The van der Waals surface area contributed by atoms with E-state index in [9.17, 15) is 14.3 Å². The van der Waals surface area contributed by atoms with Crippen molar-refractivity contribution in [3.05, 3.63) is 54.1 Å². The number of aromatic carboxylic acids is 1. The molecule has 0 saturated carbocycles. The number of hydrogen-bond acceptors (Lipinski definition) is 3. The first-order valence-electron chi connectivity index (χ1n) is 6.16. The Morgan fingerprint density at radius 1 is 1.33 bits per heavy atom. The Labute approximate surface area is 119 Å². The average molecular weight is 286 g/mol. The number of carboxylic acids is 1. The van der Waals surface area contributed by atoms with Crippen LogP contribution in [0.3, 0.4) is 0 Å². The van der Waals surface area contributed by atoms with E-state index in [0.717, 1.165) is 0 Å². The van der Waals surface area contributed by atoms with Crippen molar-refractivity contribution in [3.63, 3.8) is 0 Å². The zero-order valence-corrected chi connectivity index (χ0v) is 11.1. The Bertz CT molecular complexity index is 842. The molecule has 0 unspecified atom stereocenters. The predicted octanol–water partition coefficient (Wildman–Crippen LogP) is 2.85. The Morgan fingerprint density at radius 3 is 2.86 bits per heavy atom. The van der Waals surface area contributed by atoms with Gasteiger partial charge in [-0.1, -0.05) is 12.1 Å². The van der Waals surface area contributed by atoms with E-state index < -0.39 is 11.8 Å². The molecule has 0 bridgehead atoms. The van der Waals surface area contributed by atoms with E-state index in [1.54, 1.807) is 24.3 Å². The zero-order valence-electron chi connectivity index (χ0n) is 11.1. The first-order valence-corrected chi connectivity index (χ1v) is 6.16. The highest BCUT2D eigenvalue weighted by Gasteiger charge is 2.21. The molecule has 2 aromatic heterocycles. The normalized spacial score (nSPS) is 10.8. The van der Waals surface area contributed by atoms with Crippen LogP contribution in [0.25, 0.3) is 16.9 Å². The summed E-state index contributed by atoms with van der Waals surface area (Å²) in [6.45, 7) is 0. The second-order valence-electron chi connectivity index (χ2n) is 4.40. The van der Waals surface area contributed by atoms with Crippen LogP contribution in [0, 0.1) is 5.82 Å². The first kappa shape index (κ1) is 13.1. The average Bonchev–Trinajstić information content (AvgIpc) is 2.88. The van der Waals surface area contributed by atoms with Gasteiger partial charge in [0.15, 0.2) is 17.2 Å². The van der Waals surface area contributed by atoms with Gasteiger partial charge in [-0.2, -0.15) is 0 Å². The Kier molecular flexibility index (Phi) is 3.06. The van der Waals surface area contributed by atoms with E-state index in [-0.39, 0.29) is 17.0 Å². The number of aromatic nitrogens is 2. The molecule has 6 heteroatoms. The lowest BCUT2D eigenvalue weighted by molar-refractivity contribution is 0.0690. The standard InChI is InChI=1S/C15H11FN2O3/c1-21-10-5-2-4-9(8-10)12-13(15(19)20)18-7-3-6-11(16)14(18)17-12/h2-8H,1H3,(H,19,20). The molecule has 21 heavy (non-hydrogen) atoms. The highest BCUT2D eigenvalue weighted by atomic mass is 19.1. The third-order valence-corrected chi connectivity index (χ3v) is 3.15. The summed E-state index contributed by atoms with van der Waals surface area (Å²) in [5, 5.41) is 9.42. The van der Waals surface area contributed by atoms with Crippen molar-refractivity contribution in [1.29, 1.82) is 0 Å². The summed E-state index contributed by atoms with van der Waals surface area (Å²) in [5.74, 6) is -1.18. The number of carboxylic acid groups (broad SMARTS) is 1. The van der Waals surface area contributed by atoms with Crippen molar-refractivity contribution in [2.24, 2.45) is 0 Å². The van der Waals surface area contributed by atoms with Crippen molar-refractivity contribution in [1.82, 2.24) is 9.38 Å². The molecule has 0 aliphatic heterocycles. The lowest BCUT2D eigenvalue weighted by Gasteiger charge is -2.03. The van der Waals surface area contributed by atoms with Crippen LogP contribution in [-0.2, 0) is 0 Å². The van der Waals surface area contributed by atoms with Gasteiger partial charge in [-0.15, -0.1) is 0 Å². The second-order valence-corrected chi connectivity index (χ2v) is 4.40. The molecule has 0 amide bonds. The van der Waals surface area contributed by atoms with Gasteiger partial charge in [0.2, 0.25) is 0 Å². The molecule has 0 aliphatic carbocycles. The Hall–Kier alpha value is -2.89. The minimum atomic E-state index is -1.18. The van der Waals surface area contributed by atoms with Gasteiger partial charge in [0.25, 0.3) is 0 Å². The van der Waals surface area contributed by atoms with E-state index in [0.29, 0.717) is 11.3 Å². The summed E-state index contributed by atoms with van der Waals surface area (Å²) in [6, 6.07) is 9.50. The first-order chi connectivity index (χ1) is 10.1. The van der Waals surface area contributed by atoms with Crippen molar-refractivity contribution >= 4 is 11.6 Å². The van der Waals surface area contributed by atoms with Crippen LogP contribution in [0.1, 0.15) is 10.5 Å². The number of nitrogens with zero attached hydrogens (tertiary/aromatic N) is 2. The summed E-state index contributed by atoms with van der Waals surface area (Å²) < 4.78 is 20.2. The van der Waals surface area contributed by atoms with Crippen LogP contribution < -0.4 is 4.74 Å². The fraction of sp³-hybridized carbons (Fsp3) is 0.0667. The Balaban J connectivity index is 2.33. The summed E-state index contributed by atoms with van der Waals surface area (Å²) in [4.78, 5) is 15.7. The highest BCUT2D eigenvalue weighted by molar-refractivity contribution is 5.94. The molecule has 1 aromatic carbocycles. The molecule has 3 aromatic rings. The quantitative estimate of drug-likeness (QED) is 0.804. The largest absolute Gasteiger partial charge is 0.497 e. The molecular formula is C15H11FN2O3. The number of pyridine rings is 1. The topological polar surface area (TPSA) is 63.8 Å². The van der Waals surface area contributed by atoms with Crippen LogP contribution in [0.2, 0.25) is 0 Å². The van der Waals surface area contributed by atoms with Gasteiger partial charge in [0.05, 0.1) is 7.11 Å². The number of carbonyl (C=O) groups is 1. The molecule has 5 nitrogen and oxygen atoms in total. The predicted molar refractivity (Wildman–Crippen MR) is 74.1 cm³/mol. The van der Waals surface area contributed by atoms with Gasteiger partial charge >= 0.3 is 5.97 Å². The number of benzene rings is 1. The lowest BCUT2D eigenvalue weighted by Crippen LogP contribution is -2.03. The van der Waals surface area contributed by atoms with Gasteiger partial charge < -0.3 is 9.84 Å². The molecule has 3 rings (SSSR count). The molecule has 0 atom stereocenters. The number of hydrogen-bond donors (Lipinski definition) is 1. The van der Waals surface area contributed by atoms with Crippen molar-refractivity contribution in [2.45, 2.75) is 0 Å². The van der Waals surface area contributed by atoms with E-state index in [2.05, 4.69) is 4.98 Å². The van der Waals surface area contributed by atoms with Gasteiger partial charge in [0.1, 0.15) is 11.4 Å². The van der Waals surface area contributed by atoms with E-state index >= 15 is 0 Å². The van der Waals surface area contributed by atoms with Crippen LogP contribution in [-0.4, -0.2) is 27.6 Å². The number of ether oxygens (including phenoxy) is 1. The highest BCUT2D eigenvalue weighted by Crippen LogP contribution is 2.28. The van der Waals surface area contributed by atoms with Gasteiger partial charge in [-0.25, -0.2) is 14.2 Å². The van der Waals surface area contributed by atoms with Crippen molar-refractivity contribution < 1.29 is 19.0 Å². The smallest absolute Gasteiger partial charge is 0.355 e. The number of imidazole rings is 1. The molecule has 1 N–H and O–H groups in total. The fourth-order valence-electron chi connectivity index (χ4n) is 2.21. The molecule has 0 fully saturated rings. The van der Waals surface area contributed by atoms with Crippen LogP contribution in [0.15, 0.2) is 42.6 Å². The number of rotatable bonds is 3. The molecule has 0 radical (unpaired) electrons. The van der Waals surface area contributed by atoms with Crippen LogP contribution in [0.5, 0.6) is 5.75 Å². The van der Waals surface area contributed by atoms with E-state index in [1.165, 1.54) is 29.8 Å². The summed E-state index contributed by atoms with van der Waals surface area (Å²) >= 11 is 0. The van der Waals surface area contributed by atoms with Gasteiger partial charge in [-0.3, -0.25) is 4.40 Å². The molecule has 0 aliphatic rings. The molecule has 106 valence electrons. The molecule has 0 spiro atoms. The fourth-order valence-corrected chi connectivity index (χ4v) is 2.21. The maximum atomic E-state index is 13.8. The number of methoxy groups -OCH3 is 1. The van der Waals surface area contributed by atoms with Crippen LogP contribution >= 0.6 is 0 Å².